The Morgan fingerprint density at radius 3 is 2.04 bits per heavy atom. The van der Waals surface area contributed by atoms with E-state index in [9.17, 15) is 14.7 Å². The first-order valence-electron chi connectivity index (χ1n) is 9.37. The molecule has 136 valence electrons. The van der Waals surface area contributed by atoms with Crippen LogP contribution in [0.25, 0.3) is 0 Å². The van der Waals surface area contributed by atoms with E-state index < -0.39 is 5.97 Å². The molecule has 0 saturated carbocycles. The first-order chi connectivity index (χ1) is 11.0. The highest BCUT2D eigenvalue weighted by atomic mass is 16.4. The highest BCUT2D eigenvalue weighted by Crippen LogP contribution is 2.20. The first-order valence-corrected chi connectivity index (χ1v) is 9.37. The fourth-order valence-corrected chi connectivity index (χ4v) is 2.92. The van der Waals surface area contributed by atoms with Gasteiger partial charge in [0, 0.05) is 12.3 Å². The van der Waals surface area contributed by atoms with Crippen LogP contribution in [0.3, 0.4) is 0 Å². The molecule has 2 N–H and O–H groups in total. The minimum absolute atomic E-state index is 0.0786. The molecule has 0 aliphatic rings. The Bertz CT molecular complexity index is 314. The maximum absolute atomic E-state index is 11.7. The second-order valence-corrected chi connectivity index (χ2v) is 6.73. The molecule has 4 heteroatoms. The third-order valence-corrected chi connectivity index (χ3v) is 4.51. The number of carbonyl (C=O) groups is 2. The smallest absolute Gasteiger partial charge is 0.303 e. The van der Waals surface area contributed by atoms with Gasteiger partial charge in [0.25, 0.3) is 0 Å². The van der Waals surface area contributed by atoms with Gasteiger partial charge in [-0.2, -0.15) is 0 Å². The van der Waals surface area contributed by atoms with Crippen LogP contribution in [0.4, 0.5) is 0 Å². The van der Waals surface area contributed by atoms with E-state index in [1.165, 1.54) is 0 Å². The largest absolute Gasteiger partial charge is 0.481 e. The molecular formula is C19H36O4. The third-order valence-electron chi connectivity index (χ3n) is 4.51. The Morgan fingerprint density at radius 2 is 1.43 bits per heavy atom. The van der Waals surface area contributed by atoms with Gasteiger partial charge in [-0.05, 0) is 39.0 Å². The van der Waals surface area contributed by atoms with Crippen LogP contribution in [0.1, 0.15) is 97.3 Å². The van der Waals surface area contributed by atoms with Crippen LogP contribution >= 0.6 is 0 Å². The van der Waals surface area contributed by atoms with Gasteiger partial charge in [0.05, 0.1) is 6.10 Å². The van der Waals surface area contributed by atoms with Gasteiger partial charge in [0.1, 0.15) is 5.78 Å². The minimum Gasteiger partial charge on any atom is -0.481 e. The topological polar surface area (TPSA) is 74.6 Å². The molecule has 0 rings (SSSR count). The molecule has 0 heterocycles. The highest BCUT2D eigenvalue weighted by molar-refractivity contribution is 5.78. The van der Waals surface area contributed by atoms with E-state index in [0.717, 1.165) is 77.0 Å². The molecule has 2 atom stereocenters. The molecular weight excluding hydrogens is 292 g/mol. The zero-order valence-corrected chi connectivity index (χ0v) is 15.1. The number of carbonyl (C=O) groups excluding carboxylic acids is 1. The number of aliphatic hydroxyl groups excluding tert-OH is 1. The van der Waals surface area contributed by atoms with Crippen LogP contribution in [-0.2, 0) is 9.59 Å². The van der Waals surface area contributed by atoms with Crippen molar-refractivity contribution < 1.29 is 19.8 Å². The van der Waals surface area contributed by atoms with Gasteiger partial charge in [-0.3, -0.25) is 9.59 Å². The summed E-state index contributed by atoms with van der Waals surface area (Å²) in [6.07, 6.45) is 11.5. The average Bonchev–Trinajstić information content (AvgIpc) is 2.48. The molecule has 0 aliphatic heterocycles. The summed E-state index contributed by atoms with van der Waals surface area (Å²) in [4.78, 5) is 22.1. The van der Waals surface area contributed by atoms with Crippen molar-refractivity contribution in [2.24, 2.45) is 5.92 Å². The van der Waals surface area contributed by atoms with E-state index in [2.05, 4.69) is 6.92 Å². The van der Waals surface area contributed by atoms with Crippen molar-refractivity contribution in [1.82, 2.24) is 0 Å². The molecule has 0 fully saturated rings. The normalized spacial score (nSPS) is 13.7. The van der Waals surface area contributed by atoms with E-state index in [1.807, 2.05) is 0 Å². The molecule has 0 radical (unpaired) electrons. The summed E-state index contributed by atoms with van der Waals surface area (Å²) in [7, 11) is 0. The molecule has 0 aromatic heterocycles. The van der Waals surface area contributed by atoms with E-state index in [-0.39, 0.29) is 24.2 Å². The summed E-state index contributed by atoms with van der Waals surface area (Å²) in [5, 5.41) is 18.5. The lowest BCUT2D eigenvalue weighted by Crippen LogP contribution is -2.15. The van der Waals surface area contributed by atoms with Crippen molar-refractivity contribution in [3.8, 4) is 0 Å². The van der Waals surface area contributed by atoms with Crippen LogP contribution in [0.5, 0.6) is 0 Å². The number of rotatable bonds is 16. The number of aliphatic carboxylic acids is 1. The predicted molar refractivity (Wildman–Crippen MR) is 93.5 cm³/mol. The molecule has 0 amide bonds. The van der Waals surface area contributed by atoms with Crippen molar-refractivity contribution in [1.29, 1.82) is 0 Å². The molecule has 0 saturated heterocycles. The SMILES string of the molecule is CCCCCC(O)CCC(CCCCCCCC(=O)O)C(C)=O. The van der Waals surface area contributed by atoms with E-state index >= 15 is 0 Å². The second-order valence-electron chi connectivity index (χ2n) is 6.73. The average molecular weight is 328 g/mol. The summed E-state index contributed by atoms with van der Waals surface area (Å²) in [6, 6.07) is 0. The third kappa shape index (κ3) is 14.4. The van der Waals surface area contributed by atoms with Crippen molar-refractivity contribution in [2.45, 2.75) is 103 Å². The Kier molecular flexibility index (Phi) is 14.1. The van der Waals surface area contributed by atoms with Gasteiger partial charge in [0.2, 0.25) is 0 Å². The van der Waals surface area contributed by atoms with Crippen molar-refractivity contribution in [3.63, 3.8) is 0 Å². The fourth-order valence-electron chi connectivity index (χ4n) is 2.92. The van der Waals surface area contributed by atoms with E-state index in [4.69, 9.17) is 5.11 Å². The van der Waals surface area contributed by atoms with E-state index in [1.54, 1.807) is 6.92 Å². The standard InChI is InChI=1S/C19H36O4/c1-3-4-8-12-18(21)15-14-17(16(2)20)11-9-6-5-7-10-13-19(22)23/h17-18,21H,3-15H2,1-2H3,(H,22,23). The number of hydrogen-bond acceptors (Lipinski definition) is 3. The van der Waals surface area contributed by atoms with Gasteiger partial charge >= 0.3 is 5.97 Å². The van der Waals surface area contributed by atoms with Gasteiger partial charge < -0.3 is 10.2 Å². The Morgan fingerprint density at radius 1 is 0.826 bits per heavy atom. The molecule has 0 aromatic rings. The zero-order chi connectivity index (χ0) is 17.5. The molecule has 23 heavy (non-hydrogen) atoms. The van der Waals surface area contributed by atoms with Crippen molar-refractivity contribution in [2.75, 3.05) is 0 Å². The second kappa shape index (κ2) is 14.7. The number of carboxylic acid groups (broad SMARTS) is 1. The maximum Gasteiger partial charge on any atom is 0.303 e. The monoisotopic (exact) mass is 328 g/mol. The zero-order valence-electron chi connectivity index (χ0n) is 15.1. The summed E-state index contributed by atoms with van der Waals surface area (Å²) in [5.74, 6) is -0.411. The van der Waals surface area contributed by atoms with Gasteiger partial charge in [-0.1, -0.05) is 51.9 Å². The van der Waals surface area contributed by atoms with Crippen LogP contribution in [0, 0.1) is 5.92 Å². The lowest BCUT2D eigenvalue weighted by atomic mass is 9.90. The predicted octanol–water partition coefficient (Wildman–Crippen LogP) is 4.73. The first kappa shape index (κ1) is 22.1. The molecule has 0 aliphatic carbocycles. The molecule has 0 aromatic carbocycles. The summed E-state index contributed by atoms with van der Waals surface area (Å²) < 4.78 is 0. The van der Waals surface area contributed by atoms with Crippen LogP contribution in [0.15, 0.2) is 0 Å². The van der Waals surface area contributed by atoms with Crippen LogP contribution < -0.4 is 0 Å². The summed E-state index contributed by atoms with van der Waals surface area (Å²) in [5.41, 5.74) is 0. The minimum atomic E-state index is -0.723. The number of aliphatic hydroxyl groups is 1. The molecule has 0 spiro atoms. The summed E-state index contributed by atoms with van der Waals surface area (Å²) in [6.45, 7) is 3.81. The highest BCUT2D eigenvalue weighted by Gasteiger charge is 2.15. The van der Waals surface area contributed by atoms with Gasteiger partial charge in [-0.15, -0.1) is 0 Å². The number of ketones is 1. The fraction of sp³-hybridized carbons (Fsp3) is 0.895. The summed E-state index contributed by atoms with van der Waals surface area (Å²) >= 11 is 0. The van der Waals surface area contributed by atoms with E-state index in [0.29, 0.717) is 0 Å². The Balaban J connectivity index is 3.73. The number of hydrogen-bond donors (Lipinski definition) is 2. The lowest BCUT2D eigenvalue weighted by molar-refractivity contribution is -0.137. The van der Waals surface area contributed by atoms with Crippen molar-refractivity contribution >= 4 is 11.8 Å². The number of Topliss-reactive ketones (excluding diaryl/α,β-unsaturated/α-hetero) is 1. The van der Waals surface area contributed by atoms with Gasteiger partial charge in [-0.25, -0.2) is 0 Å². The van der Waals surface area contributed by atoms with Gasteiger partial charge in [0.15, 0.2) is 0 Å². The van der Waals surface area contributed by atoms with Crippen LogP contribution in [-0.4, -0.2) is 28.1 Å². The molecule has 2 unspecified atom stereocenters. The number of carboxylic acids is 1. The Labute approximate surface area is 141 Å². The molecule has 0 bridgehead atoms. The maximum atomic E-state index is 11.7. The Hall–Kier alpha value is -0.900. The lowest BCUT2D eigenvalue weighted by Gasteiger charge is -2.16. The van der Waals surface area contributed by atoms with Crippen molar-refractivity contribution in [3.05, 3.63) is 0 Å². The van der Waals surface area contributed by atoms with Crippen LogP contribution in [0.2, 0.25) is 0 Å². The number of unbranched alkanes of at least 4 members (excludes halogenated alkanes) is 6. The quantitative estimate of drug-likeness (QED) is 0.402. The molecule has 4 nitrogen and oxygen atoms in total.